The van der Waals surface area contributed by atoms with Crippen LogP contribution in [0.5, 0.6) is 0 Å². The van der Waals surface area contributed by atoms with Gasteiger partial charge in [-0.05, 0) is 23.8 Å². The first-order valence-corrected chi connectivity index (χ1v) is 3.97. The molecule has 0 aliphatic rings. The van der Waals surface area contributed by atoms with E-state index in [0.717, 1.165) is 0 Å². The van der Waals surface area contributed by atoms with Crippen molar-refractivity contribution in [2.75, 3.05) is 0 Å². The number of hydrogen-bond acceptors (Lipinski definition) is 4. The lowest BCUT2D eigenvalue weighted by molar-refractivity contribution is 0.587. The molecule has 0 fully saturated rings. The van der Waals surface area contributed by atoms with Gasteiger partial charge in [-0.25, -0.2) is 0 Å². The molecule has 0 unspecified atom stereocenters. The van der Waals surface area contributed by atoms with Crippen molar-refractivity contribution in [3.8, 4) is 0 Å². The Morgan fingerprint density at radius 2 is 2.21 bits per heavy atom. The van der Waals surface area contributed by atoms with E-state index in [1.165, 1.54) is 6.08 Å². The Hall–Kier alpha value is -1.75. The van der Waals surface area contributed by atoms with E-state index in [2.05, 4.69) is 23.4 Å². The molecule has 0 atom stereocenters. The van der Waals surface area contributed by atoms with Gasteiger partial charge in [-0.2, -0.15) is 4.91 Å². The van der Waals surface area contributed by atoms with Crippen LogP contribution in [-0.4, -0.2) is 18.8 Å². The first-order chi connectivity index (χ1) is 6.74. The van der Waals surface area contributed by atoms with Crippen LogP contribution in [0.4, 0.5) is 5.69 Å². The van der Waals surface area contributed by atoms with E-state index in [-0.39, 0.29) is 0 Å². The average Bonchev–Trinajstić information content (AvgIpc) is 2.26. The number of aliphatic imine (C=N–C) groups is 1. The fourth-order valence-corrected chi connectivity index (χ4v) is 1.21. The standard InChI is InChI=1S/C9H9BN2O2/c1-3-7-8(10(13)12-14)5-4-6-9(7)11-2/h3-6,13H,1-2H2. The van der Waals surface area contributed by atoms with Crippen LogP contribution < -0.4 is 5.46 Å². The predicted octanol–water partition coefficient (Wildman–Crippen LogP) is 1.12. The first-order valence-electron chi connectivity index (χ1n) is 3.97. The van der Waals surface area contributed by atoms with Crippen LogP contribution >= 0.6 is 0 Å². The summed E-state index contributed by atoms with van der Waals surface area (Å²) in [6.45, 7) is 6.95. The molecule has 0 amide bonds. The minimum absolute atomic E-state index is 0.389. The molecule has 1 rings (SSSR count). The van der Waals surface area contributed by atoms with Crippen LogP contribution in [0.2, 0.25) is 0 Å². The maximum Gasteiger partial charge on any atom is 0.518 e. The summed E-state index contributed by atoms with van der Waals surface area (Å²) < 4.78 is 0. The molecule has 4 nitrogen and oxygen atoms in total. The Morgan fingerprint density at radius 3 is 2.71 bits per heavy atom. The second kappa shape index (κ2) is 4.48. The van der Waals surface area contributed by atoms with Crippen molar-refractivity contribution in [2.24, 2.45) is 10.1 Å². The molecule has 5 heteroatoms. The third-order valence-electron chi connectivity index (χ3n) is 1.87. The maximum absolute atomic E-state index is 10.2. The molecule has 70 valence electrons. The second-order valence-corrected chi connectivity index (χ2v) is 2.62. The Morgan fingerprint density at radius 1 is 1.50 bits per heavy atom. The number of nitrogens with zero attached hydrogens (tertiary/aromatic N) is 2. The zero-order valence-corrected chi connectivity index (χ0v) is 7.55. The fraction of sp³-hybridized carbons (Fsp3) is 0. The summed E-state index contributed by atoms with van der Waals surface area (Å²) in [5, 5.41) is 11.8. The third kappa shape index (κ3) is 1.77. The van der Waals surface area contributed by atoms with Gasteiger partial charge in [-0.3, -0.25) is 4.99 Å². The van der Waals surface area contributed by atoms with Crippen LogP contribution in [0, 0.1) is 4.91 Å². The number of hydrogen-bond donors (Lipinski definition) is 1. The van der Waals surface area contributed by atoms with E-state index in [1.807, 2.05) is 0 Å². The lowest BCUT2D eigenvalue weighted by Crippen LogP contribution is -2.29. The normalized spacial score (nSPS) is 9.21. The van der Waals surface area contributed by atoms with Crippen LogP contribution in [0.25, 0.3) is 6.08 Å². The summed E-state index contributed by atoms with van der Waals surface area (Å²) in [5.74, 6) is 0. The van der Waals surface area contributed by atoms with Gasteiger partial charge in [0, 0.05) is 0 Å². The van der Waals surface area contributed by atoms with Gasteiger partial charge < -0.3 is 5.02 Å². The summed E-state index contributed by atoms with van der Waals surface area (Å²) in [4.78, 5) is 13.9. The monoisotopic (exact) mass is 188 g/mol. The molecule has 0 saturated heterocycles. The van der Waals surface area contributed by atoms with E-state index in [1.54, 1.807) is 18.2 Å². The van der Waals surface area contributed by atoms with Gasteiger partial charge in [0.1, 0.15) is 0 Å². The summed E-state index contributed by atoms with van der Waals surface area (Å²) >= 11 is 0. The van der Waals surface area contributed by atoms with Crippen LogP contribution in [0.3, 0.4) is 0 Å². The number of rotatable bonds is 4. The summed E-state index contributed by atoms with van der Waals surface area (Å²) in [5.41, 5.74) is 1.54. The van der Waals surface area contributed by atoms with Crippen molar-refractivity contribution in [1.29, 1.82) is 0 Å². The van der Waals surface area contributed by atoms with Gasteiger partial charge in [-0.1, -0.05) is 29.9 Å². The van der Waals surface area contributed by atoms with E-state index < -0.39 is 7.05 Å². The first kappa shape index (κ1) is 10.3. The molecule has 0 radical (unpaired) electrons. The topological polar surface area (TPSA) is 62.0 Å². The smallest absolute Gasteiger partial charge is 0.425 e. The van der Waals surface area contributed by atoms with E-state index in [4.69, 9.17) is 0 Å². The molecule has 0 saturated carbocycles. The largest absolute Gasteiger partial charge is 0.518 e. The van der Waals surface area contributed by atoms with Gasteiger partial charge in [0.05, 0.1) is 5.69 Å². The Balaban J connectivity index is 3.35. The zero-order valence-electron chi connectivity index (χ0n) is 7.55. The minimum Gasteiger partial charge on any atom is -0.425 e. The quantitative estimate of drug-likeness (QED) is 0.437. The van der Waals surface area contributed by atoms with Crippen molar-refractivity contribution in [3.63, 3.8) is 0 Å². The zero-order chi connectivity index (χ0) is 10.6. The van der Waals surface area contributed by atoms with Crippen LogP contribution in [0.15, 0.2) is 34.9 Å². The van der Waals surface area contributed by atoms with Crippen LogP contribution in [-0.2, 0) is 0 Å². The Kier molecular flexibility index (Phi) is 3.31. The molecule has 0 aliphatic carbocycles. The molecule has 1 aromatic carbocycles. The van der Waals surface area contributed by atoms with Gasteiger partial charge in [0.25, 0.3) is 0 Å². The molecule has 0 aliphatic heterocycles. The Bertz CT molecular complexity index is 379. The van der Waals surface area contributed by atoms with Crippen molar-refractivity contribution in [1.82, 2.24) is 0 Å². The molecular weight excluding hydrogens is 179 g/mol. The minimum atomic E-state index is -1.38. The highest BCUT2D eigenvalue weighted by molar-refractivity contribution is 6.65. The van der Waals surface area contributed by atoms with Gasteiger partial charge in [0.2, 0.25) is 0 Å². The molecule has 0 bridgehead atoms. The number of nitroso groups, excluding NO2 is 1. The lowest BCUT2D eigenvalue weighted by Gasteiger charge is -2.06. The molecular formula is C9H9BN2O2. The molecule has 0 spiro atoms. The van der Waals surface area contributed by atoms with Crippen molar-refractivity contribution < 1.29 is 5.02 Å². The van der Waals surface area contributed by atoms with Gasteiger partial charge in [0.15, 0.2) is 0 Å². The molecule has 0 heterocycles. The average molecular weight is 188 g/mol. The van der Waals surface area contributed by atoms with Crippen molar-refractivity contribution in [2.45, 2.75) is 0 Å². The summed E-state index contributed by atoms with van der Waals surface area (Å²) in [6.07, 6.45) is 1.51. The SMILES string of the molecule is C=Cc1c(N=C)cccc1B(O)N=O. The van der Waals surface area contributed by atoms with Gasteiger partial charge in [-0.15, -0.1) is 0 Å². The fourth-order valence-electron chi connectivity index (χ4n) is 1.21. The highest BCUT2D eigenvalue weighted by Crippen LogP contribution is 2.17. The second-order valence-electron chi connectivity index (χ2n) is 2.62. The predicted molar refractivity (Wildman–Crippen MR) is 59.1 cm³/mol. The lowest BCUT2D eigenvalue weighted by atomic mass is 9.72. The van der Waals surface area contributed by atoms with E-state index in [9.17, 15) is 9.93 Å². The Labute approximate surface area is 82.1 Å². The van der Waals surface area contributed by atoms with Crippen molar-refractivity contribution in [3.05, 3.63) is 35.2 Å². The highest BCUT2D eigenvalue weighted by Gasteiger charge is 2.19. The third-order valence-corrected chi connectivity index (χ3v) is 1.87. The summed E-state index contributed by atoms with van der Waals surface area (Å²) in [7, 11) is -1.38. The molecule has 1 N–H and O–H groups in total. The highest BCUT2D eigenvalue weighted by atomic mass is 16.3. The molecule has 0 aromatic heterocycles. The van der Waals surface area contributed by atoms with Crippen molar-refractivity contribution >= 4 is 31.0 Å². The molecule has 1 aromatic rings. The summed E-state index contributed by atoms with van der Waals surface area (Å²) in [6, 6.07) is 4.98. The maximum atomic E-state index is 10.2. The van der Waals surface area contributed by atoms with E-state index in [0.29, 0.717) is 16.7 Å². The molecule has 14 heavy (non-hydrogen) atoms. The number of benzene rings is 1. The van der Waals surface area contributed by atoms with Gasteiger partial charge >= 0.3 is 7.05 Å². The van der Waals surface area contributed by atoms with E-state index >= 15 is 0 Å². The van der Waals surface area contributed by atoms with Crippen LogP contribution in [0.1, 0.15) is 5.56 Å².